The molecule has 0 aromatic heterocycles. The van der Waals surface area contributed by atoms with E-state index in [0.717, 1.165) is 0 Å². The molecule has 0 saturated carbocycles. The van der Waals surface area contributed by atoms with Crippen LogP contribution < -0.4 is 0 Å². The molecule has 1 aromatic carbocycles. The predicted octanol–water partition coefficient (Wildman–Crippen LogP) is 4.66. The molecule has 3 atom stereocenters. The fraction of sp³-hybridized carbons (Fsp3) is 0.450. The molecule has 26 heavy (non-hydrogen) atoms. The standard InChI is InChI=1S/C20H22F2O3S/c1-4-5-13-10-20(19(9-17(13)23)24-11-25-20)12(2)6-14-7-16(22)18(26-3)8-15(14)21/h4,7-9,12-13H,1,5-6,10-11H2,2-3H3/t12-,13-,20+/m0/s1. The van der Waals surface area contributed by atoms with Gasteiger partial charge in [-0.15, -0.1) is 18.3 Å². The third-order valence-electron chi connectivity index (χ3n) is 5.27. The Balaban J connectivity index is 1.89. The van der Waals surface area contributed by atoms with Gasteiger partial charge in [0.25, 0.3) is 0 Å². The second-order valence-corrected chi connectivity index (χ2v) is 7.66. The van der Waals surface area contributed by atoms with Gasteiger partial charge in [-0.3, -0.25) is 4.79 Å². The Morgan fingerprint density at radius 2 is 2.19 bits per heavy atom. The summed E-state index contributed by atoms with van der Waals surface area (Å²) in [4.78, 5) is 12.5. The monoisotopic (exact) mass is 380 g/mol. The number of carbonyl (C=O) groups is 1. The molecule has 1 aliphatic carbocycles. The van der Waals surface area contributed by atoms with E-state index in [2.05, 4.69) is 6.58 Å². The van der Waals surface area contributed by atoms with E-state index < -0.39 is 17.2 Å². The Kier molecular flexibility index (Phi) is 5.53. The molecule has 6 heteroatoms. The van der Waals surface area contributed by atoms with Crippen LogP contribution in [0.3, 0.4) is 0 Å². The molecule has 0 radical (unpaired) electrons. The smallest absolute Gasteiger partial charge is 0.189 e. The minimum Gasteiger partial charge on any atom is -0.469 e. The first-order chi connectivity index (χ1) is 12.4. The summed E-state index contributed by atoms with van der Waals surface area (Å²) >= 11 is 1.17. The summed E-state index contributed by atoms with van der Waals surface area (Å²) in [7, 11) is 0. The van der Waals surface area contributed by atoms with Crippen molar-refractivity contribution in [3.8, 4) is 0 Å². The van der Waals surface area contributed by atoms with Crippen LogP contribution in [0.1, 0.15) is 25.3 Å². The third kappa shape index (κ3) is 3.32. The highest BCUT2D eigenvalue weighted by atomic mass is 32.2. The molecular formula is C20H22F2O3S. The molecule has 1 aliphatic heterocycles. The predicted molar refractivity (Wildman–Crippen MR) is 96.8 cm³/mol. The van der Waals surface area contributed by atoms with Crippen molar-refractivity contribution in [2.75, 3.05) is 13.0 Å². The number of hydrogen-bond donors (Lipinski definition) is 0. The van der Waals surface area contributed by atoms with Gasteiger partial charge in [0, 0.05) is 16.9 Å². The van der Waals surface area contributed by atoms with Crippen LogP contribution >= 0.6 is 11.8 Å². The highest BCUT2D eigenvalue weighted by Crippen LogP contribution is 2.46. The van der Waals surface area contributed by atoms with E-state index in [1.807, 2.05) is 6.92 Å². The zero-order chi connectivity index (χ0) is 18.9. The minimum atomic E-state index is -0.789. The maximum atomic E-state index is 14.4. The van der Waals surface area contributed by atoms with Crippen LogP contribution in [0, 0.1) is 23.5 Å². The van der Waals surface area contributed by atoms with Crippen molar-refractivity contribution in [1.29, 1.82) is 0 Å². The summed E-state index contributed by atoms with van der Waals surface area (Å²) in [6, 6.07) is 2.48. The topological polar surface area (TPSA) is 35.5 Å². The fourth-order valence-corrected chi connectivity index (χ4v) is 4.27. The molecule has 1 saturated heterocycles. The number of carbonyl (C=O) groups excluding carboxylic acids is 1. The van der Waals surface area contributed by atoms with E-state index in [-0.39, 0.29) is 35.7 Å². The van der Waals surface area contributed by atoms with Gasteiger partial charge in [0.1, 0.15) is 23.0 Å². The van der Waals surface area contributed by atoms with Crippen molar-refractivity contribution >= 4 is 17.5 Å². The van der Waals surface area contributed by atoms with Crippen LogP contribution in [-0.2, 0) is 20.7 Å². The number of allylic oxidation sites excluding steroid dienone is 2. The highest BCUT2D eigenvalue weighted by molar-refractivity contribution is 7.98. The van der Waals surface area contributed by atoms with Gasteiger partial charge < -0.3 is 9.47 Å². The van der Waals surface area contributed by atoms with Crippen LogP contribution in [0.25, 0.3) is 0 Å². The summed E-state index contributed by atoms with van der Waals surface area (Å²) in [6.07, 6.45) is 6.20. The van der Waals surface area contributed by atoms with Crippen molar-refractivity contribution in [1.82, 2.24) is 0 Å². The third-order valence-corrected chi connectivity index (χ3v) is 6.02. The lowest BCUT2D eigenvalue weighted by molar-refractivity contribution is -0.123. The van der Waals surface area contributed by atoms with Gasteiger partial charge in [-0.25, -0.2) is 8.78 Å². The van der Waals surface area contributed by atoms with Gasteiger partial charge >= 0.3 is 0 Å². The number of halogens is 2. The van der Waals surface area contributed by atoms with Crippen molar-refractivity contribution in [3.63, 3.8) is 0 Å². The largest absolute Gasteiger partial charge is 0.469 e. The molecule has 0 bridgehead atoms. The lowest BCUT2D eigenvalue weighted by atomic mass is 9.71. The summed E-state index contributed by atoms with van der Waals surface area (Å²) in [5, 5.41) is 0. The first kappa shape index (κ1) is 19.1. The average Bonchev–Trinajstić information content (AvgIpc) is 3.02. The van der Waals surface area contributed by atoms with Crippen LogP contribution in [0.5, 0.6) is 0 Å². The molecule has 0 spiro atoms. The van der Waals surface area contributed by atoms with Crippen molar-refractivity contribution in [2.24, 2.45) is 11.8 Å². The number of benzene rings is 1. The molecule has 3 rings (SSSR count). The van der Waals surface area contributed by atoms with Crippen molar-refractivity contribution in [2.45, 2.75) is 36.7 Å². The lowest BCUT2D eigenvalue weighted by Crippen LogP contribution is -2.45. The van der Waals surface area contributed by atoms with Gasteiger partial charge in [-0.2, -0.15) is 0 Å². The minimum absolute atomic E-state index is 0.00484. The van der Waals surface area contributed by atoms with Crippen molar-refractivity contribution in [3.05, 3.63) is 53.8 Å². The van der Waals surface area contributed by atoms with Crippen LogP contribution in [0.2, 0.25) is 0 Å². The normalized spacial score (nSPS) is 26.1. The highest BCUT2D eigenvalue weighted by Gasteiger charge is 2.51. The molecule has 0 amide bonds. The number of thioether (sulfide) groups is 1. The lowest BCUT2D eigenvalue weighted by Gasteiger charge is -2.38. The summed E-state index contributed by atoms with van der Waals surface area (Å²) in [6.45, 7) is 5.69. The molecule has 0 N–H and O–H groups in total. The van der Waals surface area contributed by atoms with E-state index in [0.29, 0.717) is 24.2 Å². The van der Waals surface area contributed by atoms with E-state index >= 15 is 0 Å². The number of ketones is 1. The number of fused-ring (bicyclic) bond motifs is 1. The SMILES string of the molecule is C=CC[C@H]1C[C@]2([C@@H](C)Cc3cc(F)c(SC)cc3F)OCOC2=CC1=O. The Hall–Kier alpha value is -1.66. The molecule has 2 aliphatic rings. The Morgan fingerprint density at radius 1 is 1.42 bits per heavy atom. The summed E-state index contributed by atoms with van der Waals surface area (Å²) in [5.74, 6) is -0.794. The molecule has 1 heterocycles. The number of rotatable bonds is 6. The van der Waals surface area contributed by atoms with Gasteiger partial charge in [-0.1, -0.05) is 13.0 Å². The fourth-order valence-electron chi connectivity index (χ4n) is 3.79. The van der Waals surface area contributed by atoms with E-state index in [4.69, 9.17) is 9.47 Å². The van der Waals surface area contributed by atoms with Gasteiger partial charge in [0.05, 0.1) is 0 Å². The molecule has 140 valence electrons. The van der Waals surface area contributed by atoms with Crippen LogP contribution in [0.4, 0.5) is 8.78 Å². The first-order valence-electron chi connectivity index (χ1n) is 8.57. The molecule has 1 fully saturated rings. The zero-order valence-corrected chi connectivity index (χ0v) is 15.7. The number of hydrogen-bond acceptors (Lipinski definition) is 4. The van der Waals surface area contributed by atoms with Gasteiger partial charge in [0.2, 0.25) is 0 Å². The quantitative estimate of drug-likeness (QED) is 0.531. The van der Waals surface area contributed by atoms with E-state index in [9.17, 15) is 13.6 Å². The Labute approximate surface area is 156 Å². The maximum absolute atomic E-state index is 14.4. The Bertz CT molecular complexity index is 762. The molecule has 0 unspecified atom stereocenters. The average molecular weight is 380 g/mol. The van der Waals surface area contributed by atoms with E-state index in [1.54, 1.807) is 12.3 Å². The zero-order valence-electron chi connectivity index (χ0n) is 14.9. The van der Waals surface area contributed by atoms with Crippen LogP contribution in [0.15, 0.2) is 41.5 Å². The first-order valence-corrected chi connectivity index (χ1v) is 9.79. The van der Waals surface area contributed by atoms with Crippen molar-refractivity contribution < 1.29 is 23.0 Å². The van der Waals surface area contributed by atoms with Crippen LogP contribution in [-0.4, -0.2) is 24.4 Å². The second-order valence-electron chi connectivity index (χ2n) is 6.82. The molecule has 1 aromatic rings. The Morgan fingerprint density at radius 3 is 2.88 bits per heavy atom. The summed E-state index contributed by atoms with van der Waals surface area (Å²) in [5.41, 5.74) is -0.489. The van der Waals surface area contributed by atoms with Gasteiger partial charge in [-0.05, 0) is 49.1 Å². The molecular weight excluding hydrogens is 358 g/mol. The molecule has 3 nitrogen and oxygen atoms in total. The number of ether oxygens (including phenoxy) is 2. The van der Waals surface area contributed by atoms with E-state index in [1.165, 1.54) is 30.0 Å². The van der Waals surface area contributed by atoms with Gasteiger partial charge in [0.15, 0.2) is 12.6 Å². The second kappa shape index (κ2) is 7.53. The summed E-state index contributed by atoms with van der Waals surface area (Å²) < 4.78 is 40.0. The maximum Gasteiger partial charge on any atom is 0.189 e.